The lowest BCUT2D eigenvalue weighted by Gasteiger charge is -2.36. The molecular weight excluding hydrogens is 450 g/mol. The first-order valence-corrected chi connectivity index (χ1v) is 14.1. The second-order valence-electron chi connectivity index (χ2n) is 11.3. The summed E-state index contributed by atoms with van der Waals surface area (Å²) in [5.41, 5.74) is 6.23. The number of rotatable bonds is 4. The SMILES string of the molecule is CC(=O)N1CCc2c(c(N3CCCc4cc(C)ncc43)nn2C2CCN(CC3CCNCC3)CC2)C1. The molecule has 0 unspecified atom stereocenters. The van der Waals surface area contributed by atoms with Gasteiger partial charge < -0.3 is 20.0 Å². The van der Waals surface area contributed by atoms with Gasteiger partial charge in [-0.1, -0.05) is 0 Å². The lowest BCUT2D eigenvalue weighted by Crippen LogP contribution is -2.41. The number of aromatic nitrogens is 3. The fraction of sp³-hybridized carbons (Fsp3) is 0.679. The van der Waals surface area contributed by atoms with Gasteiger partial charge in [0.2, 0.25) is 5.91 Å². The van der Waals surface area contributed by atoms with Crippen molar-refractivity contribution in [2.24, 2.45) is 5.92 Å². The number of nitrogens with one attached hydrogen (secondary N) is 1. The molecule has 0 saturated carbocycles. The first kappa shape index (κ1) is 23.9. The predicted octanol–water partition coefficient (Wildman–Crippen LogP) is 3.21. The molecule has 4 aliphatic heterocycles. The van der Waals surface area contributed by atoms with Crippen LogP contribution in [0.4, 0.5) is 11.5 Å². The Kier molecular flexibility index (Phi) is 6.73. The first-order valence-electron chi connectivity index (χ1n) is 14.1. The van der Waals surface area contributed by atoms with Crippen molar-refractivity contribution in [3.63, 3.8) is 0 Å². The van der Waals surface area contributed by atoms with Crippen molar-refractivity contribution < 1.29 is 4.79 Å². The molecular formula is C28H41N7O. The molecule has 8 nitrogen and oxygen atoms in total. The maximum absolute atomic E-state index is 12.3. The van der Waals surface area contributed by atoms with Gasteiger partial charge in [0.05, 0.1) is 24.5 Å². The summed E-state index contributed by atoms with van der Waals surface area (Å²) >= 11 is 0. The van der Waals surface area contributed by atoms with Gasteiger partial charge in [-0.05, 0) is 76.1 Å². The van der Waals surface area contributed by atoms with E-state index in [1.807, 2.05) is 11.1 Å². The molecule has 0 spiro atoms. The number of fused-ring (bicyclic) bond motifs is 2. The van der Waals surface area contributed by atoms with Crippen molar-refractivity contribution in [2.45, 2.75) is 71.4 Å². The lowest BCUT2D eigenvalue weighted by molar-refractivity contribution is -0.129. The maximum Gasteiger partial charge on any atom is 0.219 e. The summed E-state index contributed by atoms with van der Waals surface area (Å²) in [4.78, 5) is 24.0. The smallest absolute Gasteiger partial charge is 0.219 e. The van der Waals surface area contributed by atoms with Crippen LogP contribution in [0, 0.1) is 12.8 Å². The number of likely N-dealkylation sites (tertiary alicyclic amines) is 1. The van der Waals surface area contributed by atoms with Gasteiger partial charge in [-0.15, -0.1) is 0 Å². The molecule has 0 atom stereocenters. The molecule has 1 amide bonds. The molecule has 0 radical (unpaired) electrons. The van der Waals surface area contributed by atoms with Crippen molar-refractivity contribution in [3.05, 3.63) is 34.8 Å². The molecule has 6 rings (SSSR count). The van der Waals surface area contributed by atoms with Crippen LogP contribution in [0.1, 0.15) is 67.6 Å². The monoisotopic (exact) mass is 491 g/mol. The van der Waals surface area contributed by atoms with Crippen LogP contribution >= 0.6 is 0 Å². The summed E-state index contributed by atoms with van der Waals surface area (Å²) in [5.74, 6) is 2.06. The van der Waals surface area contributed by atoms with Crippen LogP contribution in [0.15, 0.2) is 12.3 Å². The zero-order chi connectivity index (χ0) is 24.6. The number of aryl methyl sites for hydroxylation is 2. The van der Waals surface area contributed by atoms with Crippen LogP contribution in [0.25, 0.3) is 0 Å². The van der Waals surface area contributed by atoms with E-state index >= 15 is 0 Å². The third kappa shape index (κ3) is 4.65. The van der Waals surface area contributed by atoms with Crippen molar-refractivity contribution in [2.75, 3.05) is 50.7 Å². The molecule has 1 N–H and O–H groups in total. The summed E-state index contributed by atoms with van der Waals surface area (Å²) in [6.45, 7) is 12.1. The molecule has 0 bridgehead atoms. The highest BCUT2D eigenvalue weighted by atomic mass is 16.2. The average Bonchev–Trinajstić information content (AvgIpc) is 3.28. The number of nitrogens with zero attached hydrogens (tertiary/aromatic N) is 6. The fourth-order valence-corrected chi connectivity index (χ4v) is 6.81. The van der Waals surface area contributed by atoms with Crippen molar-refractivity contribution in [3.8, 4) is 0 Å². The van der Waals surface area contributed by atoms with Gasteiger partial charge >= 0.3 is 0 Å². The Morgan fingerprint density at radius 1 is 1.08 bits per heavy atom. The maximum atomic E-state index is 12.3. The highest BCUT2D eigenvalue weighted by Crippen LogP contribution is 2.39. The van der Waals surface area contributed by atoms with E-state index in [2.05, 4.69) is 37.8 Å². The number of amides is 1. The topological polar surface area (TPSA) is 69.5 Å². The van der Waals surface area contributed by atoms with E-state index in [1.54, 1.807) is 6.92 Å². The summed E-state index contributed by atoms with van der Waals surface area (Å²) < 4.78 is 2.37. The molecule has 2 fully saturated rings. The normalized spacial score (nSPS) is 21.9. The number of hydrogen-bond donors (Lipinski definition) is 1. The van der Waals surface area contributed by atoms with E-state index in [1.165, 1.54) is 55.0 Å². The Labute approximate surface area is 215 Å². The summed E-state index contributed by atoms with van der Waals surface area (Å²) in [6, 6.07) is 2.67. The van der Waals surface area contributed by atoms with Crippen molar-refractivity contribution >= 4 is 17.4 Å². The fourth-order valence-electron chi connectivity index (χ4n) is 6.81. The van der Waals surface area contributed by atoms with E-state index in [9.17, 15) is 4.79 Å². The largest absolute Gasteiger partial charge is 0.338 e. The molecule has 2 aromatic rings. The van der Waals surface area contributed by atoms with Gasteiger partial charge in [0.1, 0.15) is 0 Å². The van der Waals surface area contributed by atoms with Gasteiger partial charge in [0, 0.05) is 63.0 Å². The van der Waals surface area contributed by atoms with E-state index < -0.39 is 0 Å². The highest BCUT2D eigenvalue weighted by Gasteiger charge is 2.34. The number of carbonyl (C=O) groups is 1. The molecule has 0 aliphatic carbocycles. The Balaban J connectivity index is 1.26. The Hall–Kier alpha value is -2.45. The average molecular weight is 492 g/mol. The molecule has 4 aliphatic rings. The predicted molar refractivity (Wildman–Crippen MR) is 142 cm³/mol. The molecule has 194 valence electrons. The number of carbonyl (C=O) groups excluding carboxylic acids is 1. The molecule has 0 aromatic carbocycles. The molecule has 6 heterocycles. The minimum absolute atomic E-state index is 0.155. The van der Waals surface area contributed by atoms with Crippen LogP contribution < -0.4 is 10.2 Å². The summed E-state index contributed by atoms with van der Waals surface area (Å²) in [5, 5.41) is 8.84. The molecule has 36 heavy (non-hydrogen) atoms. The van der Waals surface area contributed by atoms with Crippen LogP contribution in [0.2, 0.25) is 0 Å². The second-order valence-corrected chi connectivity index (χ2v) is 11.3. The van der Waals surface area contributed by atoms with E-state index in [4.69, 9.17) is 5.10 Å². The lowest BCUT2D eigenvalue weighted by atomic mass is 9.95. The zero-order valence-electron chi connectivity index (χ0n) is 22.0. The van der Waals surface area contributed by atoms with Crippen molar-refractivity contribution in [1.82, 2.24) is 29.9 Å². The number of anilines is 2. The zero-order valence-corrected chi connectivity index (χ0v) is 22.0. The van der Waals surface area contributed by atoms with E-state index in [0.29, 0.717) is 12.6 Å². The molecule has 8 heteroatoms. The van der Waals surface area contributed by atoms with Crippen LogP contribution in [-0.4, -0.2) is 76.3 Å². The van der Waals surface area contributed by atoms with Crippen LogP contribution in [0.3, 0.4) is 0 Å². The minimum atomic E-state index is 0.155. The number of piperidine rings is 2. The van der Waals surface area contributed by atoms with Crippen LogP contribution in [-0.2, 0) is 24.2 Å². The standard InChI is InChI=1S/C28H41N7O/c1-20-16-23-4-3-12-34(27(23)17-30-20)28-25-19-33(21(2)36)15-9-26(25)35(31-28)24-7-13-32(14-8-24)18-22-5-10-29-11-6-22/h16-17,22,24,29H,3-15,18-19H2,1-2H3. The quantitative estimate of drug-likeness (QED) is 0.708. The highest BCUT2D eigenvalue weighted by molar-refractivity contribution is 5.75. The minimum Gasteiger partial charge on any atom is -0.338 e. The van der Waals surface area contributed by atoms with Gasteiger partial charge in [0.15, 0.2) is 5.82 Å². The molecule has 2 saturated heterocycles. The third-order valence-electron chi connectivity index (χ3n) is 8.87. The van der Waals surface area contributed by atoms with Crippen LogP contribution in [0.5, 0.6) is 0 Å². The first-order chi connectivity index (χ1) is 17.6. The van der Waals surface area contributed by atoms with Gasteiger partial charge in [-0.2, -0.15) is 5.10 Å². The van der Waals surface area contributed by atoms with Gasteiger partial charge in [-0.3, -0.25) is 14.5 Å². The third-order valence-corrected chi connectivity index (χ3v) is 8.87. The second kappa shape index (κ2) is 10.1. The number of pyridine rings is 1. The Morgan fingerprint density at radius 2 is 1.89 bits per heavy atom. The summed E-state index contributed by atoms with van der Waals surface area (Å²) in [7, 11) is 0. The van der Waals surface area contributed by atoms with Crippen molar-refractivity contribution in [1.29, 1.82) is 0 Å². The van der Waals surface area contributed by atoms with Gasteiger partial charge in [0.25, 0.3) is 0 Å². The van der Waals surface area contributed by atoms with Gasteiger partial charge in [-0.25, -0.2) is 0 Å². The summed E-state index contributed by atoms with van der Waals surface area (Å²) in [6.07, 6.45) is 10.1. The molecule has 2 aromatic heterocycles. The Bertz CT molecular complexity index is 1100. The van der Waals surface area contributed by atoms with E-state index in [0.717, 1.165) is 75.7 Å². The number of hydrogen-bond acceptors (Lipinski definition) is 6. The Morgan fingerprint density at radius 3 is 2.67 bits per heavy atom. The van der Waals surface area contributed by atoms with E-state index in [-0.39, 0.29) is 5.91 Å².